The van der Waals surface area contributed by atoms with Crippen LogP contribution in [0.15, 0.2) is 0 Å². The highest BCUT2D eigenvalue weighted by Crippen LogP contribution is 2.23. The van der Waals surface area contributed by atoms with Crippen LogP contribution in [0.25, 0.3) is 0 Å². The highest BCUT2D eigenvalue weighted by molar-refractivity contribution is 4.84. The zero-order chi connectivity index (χ0) is 13.8. The summed E-state index contributed by atoms with van der Waals surface area (Å²) < 4.78 is 11.9. The molecule has 0 aromatic rings. The summed E-state index contributed by atoms with van der Waals surface area (Å²) in [4.78, 5) is 2.47. The number of hydrogen-bond donors (Lipinski definition) is 1. The molecule has 20 heavy (non-hydrogen) atoms. The molecule has 0 radical (unpaired) electrons. The molecule has 3 unspecified atom stereocenters. The molecule has 3 aliphatic rings. The number of ether oxygens (including phenoxy) is 2. The van der Waals surface area contributed by atoms with Crippen LogP contribution in [-0.2, 0) is 9.47 Å². The van der Waals surface area contributed by atoms with Gasteiger partial charge < -0.3 is 19.7 Å². The zero-order valence-corrected chi connectivity index (χ0v) is 12.9. The van der Waals surface area contributed by atoms with Gasteiger partial charge in [-0.3, -0.25) is 0 Å². The molecule has 0 spiro atoms. The molecule has 4 heteroatoms. The van der Waals surface area contributed by atoms with Gasteiger partial charge in [0, 0.05) is 25.2 Å². The molecular formula is C16H30N2O2. The van der Waals surface area contributed by atoms with Crippen molar-refractivity contribution in [1.29, 1.82) is 0 Å². The fraction of sp³-hybridized carbons (Fsp3) is 1.00. The van der Waals surface area contributed by atoms with Gasteiger partial charge in [-0.1, -0.05) is 0 Å². The van der Waals surface area contributed by atoms with Gasteiger partial charge >= 0.3 is 0 Å². The van der Waals surface area contributed by atoms with E-state index in [0.717, 1.165) is 31.8 Å². The fourth-order valence-corrected chi connectivity index (χ4v) is 3.42. The molecule has 2 aliphatic heterocycles. The van der Waals surface area contributed by atoms with Crippen LogP contribution in [0.2, 0.25) is 0 Å². The summed E-state index contributed by atoms with van der Waals surface area (Å²) in [6.07, 6.45) is 9.70. The van der Waals surface area contributed by atoms with E-state index in [1.807, 2.05) is 0 Å². The summed E-state index contributed by atoms with van der Waals surface area (Å²) in [5.41, 5.74) is 0. The lowest BCUT2D eigenvalue weighted by Crippen LogP contribution is -2.29. The van der Waals surface area contributed by atoms with Crippen molar-refractivity contribution >= 4 is 0 Å². The standard InChI is InChI=1S/C16H30N2O2/c1-18-9-2-3-14(18)8-10-19-12-16-7-6-15(20-16)11-17-13-4-5-13/h13-17H,2-12H2,1H3. The minimum absolute atomic E-state index is 0.335. The quantitative estimate of drug-likeness (QED) is 0.688. The first kappa shape index (κ1) is 14.8. The van der Waals surface area contributed by atoms with E-state index in [1.54, 1.807) is 0 Å². The van der Waals surface area contributed by atoms with Gasteiger partial charge in [-0.2, -0.15) is 0 Å². The number of rotatable bonds is 8. The fourth-order valence-electron chi connectivity index (χ4n) is 3.42. The lowest BCUT2D eigenvalue weighted by Gasteiger charge is -2.20. The molecule has 3 atom stereocenters. The summed E-state index contributed by atoms with van der Waals surface area (Å²) in [6.45, 7) is 3.97. The van der Waals surface area contributed by atoms with Crippen LogP contribution in [0.5, 0.6) is 0 Å². The molecule has 2 saturated heterocycles. The van der Waals surface area contributed by atoms with E-state index in [4.69, 9.17) is 9.47 Å². The minimum atomic E-state index is 0.335. The van der Waals surface area contributed by atoms with Gasteiger partial charge in [0.1, 0.15) is 0 Å². The second kappa shape index (κ2) is 7.21. The summed E-state index contributed by atoms with van der Waals surface area (Å²) in [5.74, 6) is 0. The van der Waals surface area contributed by atoms with Crippen molar-refractivity contribution in [3.05, 3.63) is 0 Å². The van der Waals surface area contributed by atoms with Crippen molar-refractivity contribution in [2.24, 2.45) is 0 Å². The lowest BCUT2D eigenvalue weighted by molar-refractivity contribution is -0.0171. The van der Waals surface area contributed by atoms with Crippen LogP contribution in [0.4, 0.5) is 0 Å². The van der Waals surface area contributed by atoms with Crippen LogP contribution in [0.1, 0.15) is 44.9 Å². The Hall–Kier alpha value is -0.160. The van der Waals surface area contributed by atoms with Crippen molar-refractivity contribution in [2.75, 3.05) is 33.4 Å². The first-order chi connectivity index (χ1) is 9.81. The van der Waals surface area contributed by atoms with E-state index < -0.39 is 0 Å². The molecule has 0 bridgehead atoms. The third kappa shape index (κ3) is 4.42. The number of hydrogen-bond acceptors (Lipinski definition) is 4. The largest absolute Gasteiger partial charge is 0.379 e. The van der Waals surface area contributed by atoms with Crippen LogP contribution < -0.4 is 5.32 Å². The summed E-state index contributed by atoms with van der Waals surface area (Å²) in [6, 6.07) is 1.53. The normalized spacial score (nSPS) is 35.0. The van der Waals surface area contributed by atoms with Gasteiger partial charge in [0.2, 0.25) is 0 Å². The molecule has 0 amide bonds. The predicted molar refractivity (Wildman–Crippen MR) is 80.0 cm³/mol. The second-order valence-corrected chi connectivity index (χ2v) is 6.78. The molecule has 1 saturated carbocycles. The van der Waals surface area contributed by atoms with E-state index in [-0.39, 0.29) is 0 Å². The minimum Gasteiger partial charge on any atom is -0.379 e. The van der Waals surface area contributed by atoms with Gasteiger partial charge in [-0.15, -0.1) is 0 Å². The highest BCUT2D eigenvalue weighted by atomic mass is 16.5. The molecule has 3 fully saturated rings. The molecule has 1 N–H and O–H groups in total. The van der Waals surface area contributed by atoms with Crippen LogP contribution in [0.3, 0.4) is 0 Å². The van der Waals surface area contributed by atoms with Crippen molar-refractivity contribution in [3.8, 4) is 0 Å². The molecule has 3 rings (SSSR count). The molecular weight excluding hydrogens is 252 g/mol. The first-order valence-electron chi connectivity index (χ1n) is 8.48. The SMILES string of the molecule is CN1CCCC1CCOCC1CCC(CNC2CC2)O1. The maximum Gasteiger partial charge on any atom is 0.0813 e. The van der Waals surface area contributed by atoms with Crippen LogP contribution in [-0.4, -0.2) is 62.5 Å². The monoisotopic (exact) mass is 282 g/mol. The third-order valence-electron chi connectivity index (χ3n) is 4.98. The average Bonchev–Trinajstić information content (AvgIpc) is 3.03. The Morgan fingerprint density at radius 3 is 2.75 bits per heavy atom. The van der Waals surface area contributed by atoms with E-state index in [1.165, 1.54) is 51.5 Å². The van der Waals surface area contributed by atoms with Gasteiger partial charge in [0.15, 0.2) is 0 Å². The number of likely N-dealkylation sites (tertiary alicyclic amines) is 1. The second-order valence-electron chi connectivity index (χ2n) is 6.78. The Balaban J connectivity index is 1.22. The van der Waals surface area contributed by atoms with E-state index in [2.05, 4.69) is 17.3 Å². The molecule has 116 valence electrons. The van der Waals surface area contributed by atoms with Crippen LogP contribution >= 0.6 is 0 Å². The Morgan fingerprint density at radius 1 is 1.15 bits per heavy atom. The zero-order valence-electron chi connectivity index (χ0n) is 12.9. The summed E-state index contributed by atoms with van der Waals surface area (Å²) in [7, 11) is 2.23. The lowest BCUT2D eigenvalue weighted by atomic mass is 10.1. The van der Waals surface area contributed by atoms with E-state index >= 15 is 0 Å². The summed E-state index contributed by atoms with van der Waals surface area (Å²) in [5, 5.41) is 3.56. The van der Waals surface area contributed by atoms with Gasteiger partial charge in [0.05, 0.1) is 18.8 Å². The maximum atomic E-state index is 6.03. The first-order valence-corrected chi connectivity index (χ1v) is 8.48. The van der Waals surface area contributed by atoms with Crippen molar-refractivity contribution in [3.63, 3.8) is 0 Å². The third-order valence-corrected chi connectivity index (χ3v) is 4.98. The van der Waals surface area contributed by atoms with Crippen molar-refractivity contribution in [1.82, 2.24) is 10.2 Å². The molecule has 4 nitrogen and oxygen atoms in total. The number of nitrogens with one attached hydrogen (secondary N) is 1. The Kier molecular flexibility index (Phi) is 5.32. The summed E-state index contributed by atoms with van der Waals surface area (Å²) >= 11 is 0. The Bertz CT molecular complexity index is 296. The molecule has 0 aromatic carbocycles. The topological polar surface area (TPSA) is 33.7 Å². The highest BCUT2D eigenvalue weighted by Gasteiger charge is 2.28. The van der Waals surface area contributed by atoms with Crippen molar-refractivity contribution in [2.45, 2.75) is 69.2 Å². The number of nitrogens with zero attached hydrogens (tertiary/aromatic N) is 1. The Morgan fingerprint density at radius 2 is 2.00 bits per heavy atom. The van der Waals surface area contributed by atoms with Gasteiger partial charge in [-0.05, 0) is 58.5 Å². The average molecular weight is 282 g/mol. The van der Waals surface area contributed by atoms with E-state index in [9.17, 15) is 0 Å². The van der Waals surface area contributed by atoms with Gasteiger partial charge in [0.25, 0.3) is 0 Å². The van der Waals surface area contributed by atoms with E-state index in [0.29, 0.717) is 12.2 Å². The molecule has 0 aromatic heterocycles. The van der Waals surface area contributed by atoms with Crippen LogP contribution in [0, 0.1) is 0 Å². The van der Waals surface area contributed by atoms with Gasteiger partial charge in [-0.25, -0.2) is 0 Å². The smallest absolute Gasteiger partial charge is 0.0813 e. The molecule has 1 aliphatic carbocycles. The maximum absolute atomic E-state index is 6.03. The van der Waals surface area contributed by atoms with Crippen molar-refractivity contribution < 1.29 is 9.47 Å². The predicted octanol–water partition coefficient (Wildman–Crippen LogP) is 1.79. The Labute approximate surface area is 123 Å². The molecule has 2 heterocycles.